The molecule has 2 aliphatic heterocycles. The normalized spacial score (nSPS) is 15.5. The number of aromatic nitrogens is 1. The zero-order chi connectivity index (χ0) is 32.7. The number of ether oxygens (including phenoxy) is 1. The molecule has 1 fully saturated rings. The van der Waals surface area contributed by atoms with Gasteiger partial charge in [-0.05, 0) is 98.8 Å². The molecule has 242 valence electrons. The van der Waals surface area contributed by atoms with Crippen LogP contribution in [0.1, 0.15) is 68.0 Å². The fourth-order valence-electron chi connectivity index (χ4n) is 6.51. The molecule has 3 aromatic carbocycles. The van der Waals surface area contributed by atoms with Crippen LogP contribution in [0.5, 0.6) is 5.75 Å². The topological polar surface area (TPSA) is 139 Å². The van der Waals surface area contributed by atoms with Gasteiger partial charge in [0.1, 0.15) is 11.4 Å². The van der Waals surface area contributed by atoms with E-state index in [9.17, 15) is 19.2 Å². The third kappa shape index (κ3) is 6.18. The lowest BCUT2D eigenvalue weighted by molar-refractivity contribution is -0.118. The van der Waals surface area contributed by atoms with E-state index in [0.29, 0.717) is 60.1 Å². The van der Waals surface area contributed by atoms with Gasteiger partial charge >= 0.3 is 0 Å². The summed E-state index contributed by atoms with van der Waals surface area (Å²) < 4.78 is 7.57. The maximum absolute atomic E-state index is 13.6. The van der Waals surface area contributed by atoms with Crippen LogP contribution < -0.4 is 21.1 Å². The van der Waals surface area contributed by atoms with Crippen molar-refractivity contribution in [1.82, 2.24) is 14.4 Å². The highest BCUT2D eigenvalue weighted by Gasteiger charge is 2.34. The van der Waals surface area contributed by atoms with Gasteiger partial charge in [-0.2, -0.15) is 0 Å². The van der Waals surface area contributed by atoms with Gasteiger partial charge < -0.3 is 35.5 Å². The SMILES string of the molecule is Cc1cc(CN(C(=O)c2ccc3c(c2)OCC(=O)N3)C2CC2)ccc1C(=O)Nc1ccc2c(c1)cc1n2CCN(CCCCN)C1=O. The summed E-state index contributed by atoms with van der Waals surface area (Å²) in [7, 11) is 0. The van der Waals surface area contributed by atoms with Crippen LogP contribution in [0.4, 0.5) is 11.4 Å². The summed E-state index contributed by atoms with van der Waals surface area (Å²) in [5, 5.41) is 6.68. The predicted molar refractivity (Wildman–Crippen MR) is 179 cm³/mol. The van der Waals surface area contributed by atoms with E-state index >= 15 is 0 Å². The van der Waals surface area contributed by atoms with Gasteiger partial charge in [0, 0.05) is 59.9 Å². The molecule has 7 rings (SSSR count). The molecule has 0 spiro atoms. The number of hydrogen-bond donors (Lipinski definition) is 3. The van der Waals surface area contributed by atoms with Crippen LogP contribution in [-0.4, -0.2) is 70.3 Å². The number of hydrogen-bond acceptors (Lipinski definition) is 6. The molecule has 11 heteroatoms. The van der Waals surface area contributed by atoms with Gasteiger partial charge in [0.25, 0.3) is 23.6 Å². The van der Waals surface area contributed by atoms with Crippen molar-refractivity contribution >= 4 is 45.9 Å². The monoisotopic (exact) mass is 634 g/mol. The fraction of sp³-hybridized carbons (Fsp3) is 0.333. The molecule has 0 saturated heterocycles. The average molecular weight is 635 g/mol. The smallest absolute Gasteiger partial charge is 0.270 e. The highest BCUT2D eigenvalue weighted by Crippen LogP contribution is 2.33. The minimum Gasteiger partial charge on any atom is -0.482 e. The Morgan fingerprint density at radius 2 is 1.87 bits per heavy atom. The number of amides is 4. The zero-order valence-corrected chi connectivity index (χ0v) is 26.4. The number of carbonyl (C=O) groups excluding carboxylic acids is 4. The molecule has 1 aliphatic carbocycles. The molecule has 4 aromatic rings. The van der Waals surface area contributed by atoms with Crippen LogP contribution in [0.2, 0.25) is 0 Å². The lowest BCUT2D eigenvalue weighted by Gasteiger charge is -2.28. The van der Waals surface area contributed by atoms with Gasteiger partial charge in [0.2, 0.25) is 0 Å². The van der Waals surface area contributed by atoms with Crippen LogP contribution >= 0.6 is 0 Å². The Hall–Kier alpha value is -5.16. The Morgan fingerprint density at radius 1 is 1.02 bits per heavy atom. The Bertz CT molecular complexity index is 1910. The summed E-state index contributed by atoms with van der Waals surface area (Å²) in [5.74, 6) is -0.0275. The molecule has 47 heavy (non-hydrogen) atoms. The van der Waals surface area contributed by atoms with E-state index in [1.807, 2.05) is 53.1 Å². The van der Waals surface area contributed by atoms with E-state index in [-0.39, 0.29) is 36.3 Å². The van der Waals surface area contributed by atoms with Gasteiger partial charge in [0.15, 0.2) is 6.61 Å². The number of fused-ring (bicyclic) bond motifs is 4. The van der Waals surface area contributed by atoms with Crippen LogP contribution in [0.3, 0.4) is 0 Å². The van der Waals surface area contributed by atoms with Crippen molar-refractivity contribution in [3.8, 4) is 5.75 Å². The van der Waals surface area contributed by atoms with Crippen LogP contribution in [0.25, 0.3) is 10.9 Å². The largest absolute Gasteiger partial charge is 0.482 e. The van der Waals surface area contributed by atoms with E-state index in [1.54, 1.807) is 24.3 Å². The number of rotatable bonds is 10. The van der Waals surface area contributed by atoms with E-state index in [1.165, 1.54) is 0 Å². The lowest BCUT2D eigenvalue weighted by atomic mass is 10.0. The zero-order valence-electron chi connectivity index (χ0n) is 26.4. The maximum atomic E-state index is 13.6. The van der Waals surface area contributed by atoms with E-state index in [2.05, 4.69) is 15.2 Å². The number of benzene rings is 3. The van der Waals surface area contributed by atoms with Crippen molar-refractivity contribution in [2.45, 2.75) is 51.7 Å². The quantitative estimate of drug-likeness (QED) is 0.219. The standard InChI is InChI=1S/C36H38N6O5/c1-22-16-23(20-42(27-7-8-27)35(45)24-5-10-29-32(19-24)47-21-33(43)39-29)4-9-28(22)34(44)38-26-6-11-30-25(17-26)18-31-36(46)40(13-3-2-12-37)14-15-41(30)31/h4-6,9-11,16-19,27H,2-3,7-8,12-15,20-21,37H2,1H3,(H,38,44)(H,39,43). The van der Waals surface area contributed by atoms with Crippen molar-refractivity contribution in [1.29, 1.82) is 0 Å². The highest BCUT2D eigenvalue weighted by molar-refractivity contribution is 6.07. The molecule has 1 aromatic heterocycles. The molecule has 0 radical (unpaired) electrons. The third-order valence-corrected chi connectivity index (χ3v) is 9.14. The van der Waals surface area contributed by atoms with E-state index < -0.39 is 0 Å². The number of carbonyl (C=O) groups is 4. The molecule has 1 saturated carbocycles. The van der Waals surface area contributed by atoms with Crippen molar-refractivity contribution in [2.75, 3.05) is 36.9 Å². The van der Waals surface area contributed by atoms with E-state index in [0.717, 1.165) is 54.3 Å². The second-order valence-corrected chi connectivity index (χ2v) is 12.6. The maximum Gasteiger partial charge on any atom is 0.270 e. The average Bonchev–Trinajstić information content (AvgIpc) is 3.84. The minimum absolute atomic E-state index is 0.0272. The first-order valence-electron chi connectivity index (χ1n) is 16.2. The second-order valence-electron chi connectivity index (χ2n) is 12.6. The molecule has 4 N–H and O–H groups in total. The second kappa shape index (κ2) is 12.6. The Balaban J connectivity index is 1.03. The van der Waals surface area contributed by atoms with Crippen molar-refractivity contribution in [3.63, 3.8) is 0 Å². The predicted octanol–water partition coefficient (Wildman–Crippen LogP) is 4.53. The molecule has 0 bridgehead atoms. The Morgan fingerprint density at radius 3 is 2.66 bits per heavy atom. The summed E-state index contributed by atoms with van der Waals surface area (Å²) in [6, 6.07) is 18.5. The molecule has 3 heterocycles. The van der Waals surface area contributed by atoms with Crippen LogP contribution in [-0.2, 0) is 17.9 Å². The summed E-state index contributed by atoms with van der Waals surface area (Å²) in [6.45, 7) is 4.97. The Labute approximate surface area is 272 Å². The number of nitrogens with two attached hydrogens (primary N) is 1. The van der Waals surface area contributed by atoms with Crippen molar-refractivity contribution in [3.05, 3.63) is 88.6 Å². The number of anilines is 2. The summed E-state index contributed by atoms with van der Waals surface area (Å²) >= 11 is 0. The van der Waals surface area contributed by atoms with E-state index in [4.69, 9.17) is 10.5 Å². The van der Waals surface area contributed by atoms with Gasteiger partial charge in [-0.1, -0.05) is 12.1 Å². The minimum atomic E-state index is -0.226. The van der Waals surface area contributed by atoms with Gasteiger partial charge in [-0.3, -0.25) is 19.2 Å². The number of nitrogens with one attached hydrogen (secondary N) is 2. The molecule has 4 amide bonds. The van der Waals surface area contributed by atoms with Crippen LogP contribution in [0.15, 0.2) is 60.7 Å². The van der Waals surface area contributed by atoms with Gasteiger partial charge in [-0.25, -0.2) is 0 Å². The molecular weight excluding hydrogens is 596 g/mol. The van der Waals surface area contributed by atoms with Crippen LogP contribution in [0, 0.1) is 6.92 Å². The molecular formula is C36H38N6O5. The molecule has 0 atom stereocenters. The first kappa shape index (κ1) is 30.5. The van der Waals surface area contributed by atoms with Crippen molar-refractivity contribution < 1.29 is 23.9 Å². The lowest BCUT2D eigenvalue weighted by Crippen LogP contribution is -2.40. The van der Waals surface area contributed by atoms with Crippen molar-refractivity contribution in [2.24, 2.45) is 5.73 Å². The molecule has 3 aliphatic rings. The van der Waals surface area contributed by atoms with Gasteiger partial charge in [-0.15, -0.1) is 0 Å². The summed E-state index contributed by atoms with van der Waals surface area (Å²) in [4.78, 5) is 55.5. The summed E-state index contributed by atoms with van der Waals surface area (Å²) in [5.41, 5.74) is 11.3. The highest BCUT2D eigenvalue weighted by atomic mass is 16.5. The fourth-order valence-corrected chi connectivity index (χ4v) is 6.51. The number of unbranched alkanes of at least 4 members (excludes halogenated alkanes) is 1. The molecule has 11 nitrogen and oxygen atoms in total. The molecule has 0 unspecified atom stereocenters. The number of aryl methyl sites for hydroxylation is 1. The number of nitrogens with zero attached hydrogens (tertiary/aromatic N) is 3. The third-order valence-electron chi connectivity index (χ3n) is 9.14. The Kier molecular flexibility index (Phi) is 8.15. The summed E-state index contributed by atoms with van der Waals surface area (Å²) in [6.07, 6.45) is 3.67. The first-order chi connectivity index (χ1) is 22.8. The van der Waals surface area contributed by atoms with Gasteiger partial charge in [0.05, 0.1) is 5.69 Å². The first-order valence-corrected chi connectivity index (χ1v) is 16.2.